The first-order valence-corrected chi connectivity index (χ1v) is 6.80. The van der Waals surface area contributed by atoms with Crippen molar-refractivity contribution in [3.05, 3.63) is 36.0 Å². The van der Waals surface area contributed by atoms with Crippen LogP contribution in [-0.2, 0) is 11.2 Å². The van der Waals surface area contributed by atoms with Gasteiger partial charge in [0.15, 0.2) is 0 Å². The van der Waals surface area contributed by atoms with Gasteiger partial charge in [0.05, 0.1) is 6.42 Å². The van der Waals surface area contributed by atoms with Crippen molar-refractivity contribution in [1.82, 2.24) is 15.2 Å². The number of carbonyl (C=O) groups is 1. The lowest BCUT2D eigenvalue weighted by Crippen LogP contribution is -2.51. The number of piperazine rings is 1. The smallest absolute Gasteiger partial charge is 0.227 e. The molecule has 0 radical (unpaired) electrons. The fraction of sp³-hybridized carbons (Fsp3) is 0.400. The fourth-order valence-corrected chi connectivity index (χ4v) is 2.71. The molecule has 0 bridgehead atoms. The van der Waals surface area contributed by atoms with Crippen LogP contribution in [0.5, 0.6) is 0 Å². The van der Waals surface area contributed by atoms with Gasteiger partial charge in [-0.25, -0.2) is 0 Å². The highest BCUT2D eigenvalue weighted by atomic mass is 16.2. The molecule has 0 aliphatic carbocycles. The Morgan fingerprint density at radius 1 is 1.42 bits per heavy atom. The van der Waals surface area contributed by atoms with Crippen LogP contribution >= 0.6 is 0 Å². The fourth-order valence-electron chi connectivity index (χ4n) is 2.71. The quantitative estimate of drug-likeness (QED) is 0.857. The summed E-state index contributed by atoms with van der Waals surface area (Å²) in [7, 11) is 0. The third-order valence-corrected chi connectivity index (χ3v) is 3.74. The van der Waals surface area contributed by atoms with Crippen LogP contribution in [-0.4, -0.2) is 41.5 Å². The molecule has 4 heteroatoms. The molecule has 1 aromatic carbocycles. The van der Waals surface area contributed by atoms with Gasteiger partial charge in [0.1, 0.15) is 0 Å². The van der Waals surface area contributed by atoms with Gasteiger partial charge in [-0.3, -0.25) is 4.79 Å². The molecule has 0 saturated carbocycles. The number of hydrogen-bond donors (Lipinski definition) is 2. The molecule has 1 atom stereocenters. The van der Waals surface area contributed by atoms with Crippen molar-refractivity contribution in [2.45, 2.75) is 19.4 Å². The molecule has 2 heterocycles. The van der Waals surface area contributed by atoms with E-state index in [4.69, 9.17) is 0 Å². The van der Waals surface area contributed by atoms with Gasteiger partial charge in [0.2, 0.25) is 5.91 Å². The number of benzene rings is 1. The molecule has 1 fully saturated rings. The number of nitrogens with one attached hydrogen (secondary N) is 2. The van der Waals surface area contributed by atoms with E-state index in [0.717, 1.165) is 36.1 Å². The van der Waals surface area contributed by atoms with Crippen molar-refractivity contribution in [2.75, 3.05) is 19.6 Å². The Balaban J connectivity index is 1.75. The molecular weight excluding hydrogens is 238 g/mol. The Hall–Kier alpha value is -1.81. The van der Waals surface area contributed by atoms with Gasteiger partial charge in [-0.1, -0.05) is 18.2 Å². The molecule has 1 aliphatic heterocycles. The predicted octanol–water partition coefficient (Wildman–Crippen LogP) is 1.53. The summed E-state index contributed by atoms with van der Waals surface area (Å²) in [5, 5.41) is 4.51. The van der Waals surface area contributed by atoms with Crippen LogP contribution in [0.4, 0.5) is 0 Å². The minimum Gasteiger partial charge on any atom is -0.361 e. The van der Waals surface area contributed by atoms with Crippen molar-refractivity contribution in [1.29, 1.82) is 0 Å². The number of aromatic nitrogens is 1. The highest BCUT2D eigenvalue weighted by molar-refractivity contribution is 5.88. The molecule has 1 aliphatic rings. The highest BCUT2D eigenvalue weighted by Crippen LogP contribution is 2.18. The van der Waals surface area contributed by atoms with Gasteiger partial charge in [0.25, 0.3) is 0 Å². The average Bonchev–Trinajstić information content (AvgIpc) is 2.82. The number of fused-ring (bicyclic) bond motifs is 1. The minimum atomic E-state index is 0.220. The normalized spacial score (nSPS) is 19.8. The summed E-state index contributed by atoms with van der Waals surface area (Å²) in [5.74, 6) is 0.220. The number of amides is 1. The molecule has 0 spiro atoms. The maximum atomic E-state index is 12.3. The second kappa shape index (κ2) is 5.05. The van der Waals surface area contributed by atoms with Crippen LogP contribution in [0.25, 0.3) is 10.9 Å². The van der Waals surface area contributed by atoms with E-state index in [1.165, 1.54) is 0 Å². The molecule has 1 amide bonds. The summed E-state index contributed by atoms with van der Waals surface area (Å²) < 4.78 is 0. The second-order valence-corrected chi connectivity index (χ2v) is 5.23. The van der Waals surface area contributed by atoms with E-state index in [9.17, 15) is 4.79 Å². The lowest BCUT2D eigenvalue weighted by Gasteiger charge is -2.32. The third-order valence-electron chi connectivity index (χ3n) is 3.74. The average molecular weight is 257 g/mol. The first-order valence-electron chi connectivity index (χ1n) is 6.80. The van der Waals surface area contributed by atoms with E-state index in [1.807, 2.05) is 29.3 Å². The Kier molecular flexibility index (Phi) is 3.25. The zero-order chi connectivity index (χ0) is 13.2. The van der Waals surface area contributed by atoms with Crippen LogP contribution in [0.3, 0.4) is 0 Å². The summed E-state index contributed by atoms with van der Waals surface area (Å²) in [6.07, 6.45) is 2.44. The van der Waals surface area contributed by atoms with Gasteiger partial charge in [0, 0.05) is 42.8 Å². The predicted molar refractivity (Wildman–Crippen MR) is 76.0 cm³/mol. The first-order chi connectivity index (χ1) is 9.24. The Morgan fingerprint density at radius 3 is 3.11 bits per heavy atom. The molecule has 1 saturated heterocycles. The van der Waals surface area contributed by atoms with Gasteiger partial charge >= 0.3 is 0 Å². The molecule has 19 heavy (non-hydrogen) atoms. The van der Waals surface area contributed by atoms with Crippen LogP contribution < -0.4 is 5.32 Å². The van der Waals surface area contributed by atoms with Crippen LogP contribution in [0.1, 0.15) is 12.5 Å². The summed E-state index contributed by atoms with van der Waals surface area (Å²) in [6.45, 7) is 4.62. The number of hydrogen-bond acceptors (Lipinski definition) is 2. The monoisotopic (exact) mass is 257 g/mol. The van der Waals surface area contributed by atoms with Crippen LogP contribution in [0.15, 0.2) is 30.5 Å². The molecular formula is C15H19N3O. The van der Waals surface area contributed by atoms with Crippen molar-refractivity contribution in [3.8, 4) is 0 Å². The zero-order valence-electron chi connectivity index (χ0n) is 11.1. The van der Waals surface area contributed by atoms with E-state index < -0.39 is 0 Å². The maximum Gasteiger partial charge on any atom is 0.227 e. The first kappa shape index (κ1) is 12.2. The summed E-state index contributed by atoms with van der Waals surface area (Å²) >= 11 is 0. The third kappa shape index (κ3) is 2.49. The van der Waals surface area contributed by atoms with E-state index in [0.29, 0.717) is 12.5 Å². The van der Waals surface area contributed by atoms with Crippen molar-refractivity contribution in [2.24, 2.45) is 0 Å². The van der Waals surface area contributed by atoms with Crippen molar-refractivity contribution in [3.63, 3.8) is 0 Å². The lowest BCUT2D eigenvalue weighted by molar-refractivity contribution is -0.131. The van der Waals surface area contributed by atoms with E-state index in [2.05, 4.69) is 23.3 Å². The van der Waals surface area contributed by atoms with Gasteiger partial charge in [-0.05, 0) is 18.6 Å². The van der Waals surface area contributed by atoms with Gasteiger partial charge < -0.3 is 15.2 Å². The molecule has 2 aromatic rings. The van der Waals surface area contributed by atoms with Crippen molar-refractivity contribution < 1.29 is 4.79 Å². The summed E-state index contributed by atoms with van der Waals surface area (Å²) in [5.41, 5.74) is 2.19. The largest absolute Gasteiger partial charge is 0.361 e. The van der Waals surface area contributed by atoms with Crippen LogP contribution in [0.2, 0.25) is 0 Å². The van der Waals surface area contributed by atoms with Crippen LogP contribution in [0, 0.1) is 0 Å². The van der Waals surface area contributed by atoms with E-state index in [1.54, 1.807) is 0 Å². The number of nitrogens with zero attached hydrogens (tertiary/aromatic N) is 1. The Bertz CT molecular complexity index is 590. The molecule has 1 aromatic heterocycles. The Labute approximate surface area is 112 Å². The molecule has 3 rings (SSSR count). The number of rotatable bonds is 2. The number of H-pyrrole nitrogens is 1. The highest BCUT2D eigenvalue weighted by Gasteiger charge is 2.21. The maximum absolute atomic E-state index is 12.3. The summed E-state index contributed by atoms with van der Waals surface area (Å²) in [4.78, 5) is 17.5. The Morgan fingerprint density at radius 2 is 2.26 bits per heavy atom. The number of aromatic amines is 1. The van der Waals surface area contributed by atoms with E-state index >= 15 is 0 Å². The molecule has 2 N–H and O–H groups in total. The molecule has 0 unspecified atom stereocenters. The zero-order valence-corrected chi connectivity index (χ0v) is 11.1. The lowest BCUT2D eigenvalue weighted by atomic mass is 10.1. The van der Waals surface area contributed by atoms with Gasteiger partial charge in [-0.15, -0.1) is 0 Å². The SMILES string of the molecule is C[C@H]1CN(C(=O)Cc2c[nH]c3ccccc23)CCN1. The number of carbonyl (C=O) groups excluding carboxylic acids is 1. The molecule has 100 valence electrons. The minimum absolute atomic E-state index is 0.220. The van der Waals surface area contributed by atoms with E-state index in [-0.39, 0.29) is 5.91 Å². The van der Waals surface area contributed by atoms with Gasteiger partial charge in [-0.2, -0.15) is 0 Å². The number of para-hydroxylation sites is 1. The van der Waals surface area contributed by atoms with Crippen molar-refractivity contribution >= 4 is 16.8 Å². The summed E-state index contributed by atoms with van der Waals surface area (Å²) in [6, 6.07) is 8.51. The second-order valence-electron chi connectivity index (χ2n) is 5.23. The topological polar surface area (TPSA) is 48.1 Å². The molecule has 4 nitrogen and oxygen atoms in total. The standard InChI is InChI=1S/C15H19N3O/c1-11-10-18(7-6-16-11)15(19)8-12-9-17-14-5-3-2-4-13(12)14/h2-5,9,11,16-17H,6-8,10H2,1H3/t11-/m0/s1.